The Balaban J connectivity index is 2.51. The Morgan fingerprint density at radius 3 is 2.54 bits per heavy atom. The summed E-state index contributed by atoms with van der Waals surface area (Å²) in [6, 6.07) is 4.76. The van der Waals surface area contributed by atoms with Gasteiger partial charge in [0.05, 0.1) is 10.6 Å². The summed E-state index contributed by atoms with van der Waals surface area (Å²) in [4.78, 5) is 18.4. The second-order valence-electron chi connectivity index (χ2n) is 5.99. The first kappa shape index (κ1) is 19.1. The summed E-state index contributed by atoms with van der Waals surface area (Å²) in [7, 11) is 0. The Hall–Kier alpha value is -1.27. The van der Waals surface area contributed by atoms with Crippen molar-refractivity contribution in [3.05, 3.63) is 39.6 Å². The van der Waals surface area contributed by atoms with Gasteiger partial charge < -0.3 is 9.84 Å². The summed E-state index contributed by atoms with van der Waals surface area (Å²) < 4.78 is 5.17. The molecule has 1 heterocycles. The van der Waals surface area contributed by atoms with Crippen LogP contribution in [0.2, 0.25) is 10.0 Å². The third-order valence-electron chi connectivity index (χ3n) is 4.33. The van der Waals surface area contributed by atoms with Crippen molar-refractivity contribution in [3.8, 4) is 0 Å². The predicted molar refractivity (Wildman–Crippen MR) is 93.7 cm³/mol. The fourth-order valence-electron chi connectivity index (χ4n) is 2.57. The standard InChI is InChI=1S/C17H21Cl2NO4/c1-5-23-9-24-20-16(22)14(15(21)17(20,4)10(2)3)12-7-6-11(18)8-13(12)19/h6-8,10,21H,5,9H2,1-4H3. The van der Waals surface area contributed by atoms with E-state index >= 15 is 0 Å². The summed E-state index contributed by atoms with van der Waals surface area (Å²) in [6.07, 6.45) is 0. The minimum atomic E-state index is -1.02. The molecule has 0 saturated heterocycles. The Kier molecular flexibility index (Phi) is 5.81. The lowest BCUT2D eigenvalue weighted by molar-refractivity contribution is -0.251. The monoisotopic (exact) mass is 373 g/mol. The predicted octanol–water partition coefficient (Wildman–Crippen LogP) is 4.45. The van der Waals surface area contributed by atoms with Gasteiger partial charge in [0.15, 0.2) is 6.79 Å². The highest BCUT2D eigenvalue weighted by Crippen LogP contribution is 2.44. The molecule has 132 valence electrons. The molecule has 7 heteroatoms. The maximum absolute atomic E-state index is 12.9. The molecule has 1 aliphatic rings. The molecule has 0 bridgehead atoms. The van der Waals surface area contributed by atoms with E-state index in [4.69, 9.17) is 32.8 Å². The van der Waals surface area contributed by atoms with Crippen LogP contribution in [0.5, 0.6) is 0 Å². The number of hydroxylamine groups is 2. The summed E-state index contributed by atoms with van der Waals surface area (Å²) in [5, 5.41) is 12.7. The van der Waals surface area contributed by atoms with E-state index in [1.165, 1.54) is 11.1 Å². The highest BCUT2D eigenvalue weighted by Gasteiger charge is 2.53. The van der Waals surface area contributed by atoms with Crippen LogP contribution in [-0.2, 0) is 14.4 Å². The van der Waals surface area contributed by atoms with Crippen LogP contribution in [0.25, 0.3) is 5.57 Å². The molecule has 1 aromatic carbocycles. The number of carbonyl (C=O) groups is 1. The Bertz CT molecular complexity index is 675. The van der Waals surface area contributed by atoms with E-state index in [2.05, 4.69) is 0 Å². The van der Waals surface area contributed by atoms with Gasteiger partial charge in [-0.25, -0.2) is 9.90 Å². The smallest absolute Gasteiger partial charge is 0.282 e. The lowest BCUT2D eigenvalue weighted by atomic mass is 9.86. The lowest BCUT2D eigenvalue weighted by Gasteiger charge is -2.37. The quantitative estimate of drug-likeness (QED) is 0.591. The molecule has 2 rings (SSSR count). The van der Waals surface area contributed by atoms with E-state index in [1.807, 2.05) is 20.8 Å². The maximum atomic E-state index is 12.9. The summed E-state index contributed by atoms with van der Waals surface area (Å²) >= 11 is 12.1. The molecule has 0 aliphatic carbocycles. The van der Waals surface area contributed by atoms with Gasteiger partial charge in [0.2, 0.25) is 0 Å². The first-order valence-corrected chi connectivity index (χ1v) is 8.45. The van der Waals surface area contributed by atoms with Crippen molar-refractivity contribution < 1.29 is 19.5 Å². The van der Waals surface area contributed by atoms with Crippen molar-refractivity contribution in [2.24, 2.45) is 5.92 Å². The van der Waals surface area contributed by atoms with Gasteiger partial charge in [-0.1, -0.05) is 43.1 Å². The number of hydrogen-bond acceptors (Lipinski definition) is 4. The number of rotatable bonds is 6. The van der Waals surface area contributed by atoms with Crippen molar-refractivity contribution in [2.75, 3.05) is 13.4 Å². The highest BCUT2D eigenvalue weighted by atomic mass is 35.5. The molecule has 0 fully saturated rings. The van der Waals surface area contributed by atoms with E-state index in [9.17, 15) is 9.90 Å². The van der Waals surface area contributed by atoms with Gasteiger partial charge in [0.1, 0.15) is 11.3 Å². The average molecular weight is 374 g/mol. The fourth-order valence-corrected chi connectivity index (χ4v) is 3.07. The SMILES string of the molecule is CCOCON1C(=O)C(c2ccc(Cl)cc2Cl)=C(O)C1(C)C(C)C. The van der Waals surface area contributed by atoms with Gasteiger partial charge in [-0.15, -0.1) is 0 Å². The molecular formula is C17H21Cl2NO4. The Labute approximate surface area is 151 Å². The first-order chi connectivity index (χ1) is 11.2. The Morgan fingerprint density at radius 1 is 1.33 bits per heavy atom. The minimum Gasteiger partial charge on any atom is -0.509 e. The number of amides is 1. The van der Waals surface area contributed by atoms with Crippen molar-refractivity contribution in [1.82, 2.24) is 5.06 Å². The molecule has 0 saturated carbocycles. The zero-order valence-electron chi connectivity index (χ0n) is 14.1. The Morgan fingerprint density at radius 2 is 2.00 bits per heavy atom. The molecule has 0 spiro atoms. The minimum absolute atomic E-state index is 0.0804. The maximum Gasteiger partial charge on any atom is 0.282 e. The number of nitrogens with zero attached hydrogens (tertiary/aromatic N) is 1. The second kappa shape index (κ2) is 7.31. The number of hydrogen-bond donors (Lipinski definition) is 1. The van der Waals surface area contributed by atoms with Crippen LogP contribution in [0.4, 0.5) is 0 Å². The van der Waals surface area contributed by atoms with Gasteiger partial charge in [-0.05, 0) is 31.9 Å². The van der Waals surface area contributed by atoms with Gasteiger partial charge in [0.25, 0.3) is 5.91 Å². The van der Waals surface area contributed by atoms with Crippen LogP contribution >= 0.6 is 23.2 Å². The van der Waals surface area contributed by atoms with Gasteiger partial charge in [0, 0.05) is 17.2 Å². The van der Waals surface area contributed by atoms with Gasteiger partial charge >= 0.3 is 0 Å². The van der Waals surface area contributed by atoms with Crippen molar-refractivity contribution >= 4 is 34.7 Å². The van der Waals surface area contributed by atoms with E-state index < -0.39 is 11.4 Å². The largest absolute Gasteiger partial charge is 0.509 e. The van der Waals surface area contributed by atoms with Crippen LogP contribution < -0.4 is 0 Å². The van der Waals surface area contributed by atoms with Crippen LogP contribution in [0.1, 0.15) is 33.3 Å². The van der Waals surface area contributed by atoms with Gasteiger partial charge in [-0.2, -0.15) is 0 Å². The first-order valence-electron chi connectivity index (χ1n) is 7.69. The van der Waals surface area contributed by atoms with Crippen LogP contribution in [0.15, 0.2) is 24.0 Å². The fraction of sp³-hybridized carbons (Fsp3) is 0.471. The number of aliphatic hydroxyl groups excluding tert-OH is 1. The molecular weight excluding hydrogens is 353 g/mol. The average Bonchev–Trinajstić information content (AvgIpc) is 2.70. The zero-order chi connectivity index (χ0) is 18.1. The van der Waals surface area contributed by atoms with Crippen LogP contribution in [-0.4, -0.2) is 35.0 Å². The van der Waals surface area contributed by atoms with Crippen molar-refractivity contribution in [1.29, 1.82) is 0 Å². The third-order valence-corrected chi connectivity index (χ3v) is 4.88. The molecule has 1 amide bonds. The second-order valence-corrected chi connectivity index (χ2v) is 6.83. The van der Waals surface area contributed by atoms with E-state index in [0.29, 0.717) is 17.2 Å². The highest BCUT2D eigenvalue weighted by molar-refractivity contribution is 6.37. The summed E-state index contributed by atoms with van der Waals surface area (Å²) in [5.41, 5.74) is -0.491. The molecule has 1 N–H and O–H groups in total. The molecule has 1 aliphatic heterocycles. The normalized spacial score (nSPS) is 21.3. The number of benzene rings is 1. The lowest BCUT2D eigenvalue weighted by Crippen LogP contribution is -2.50. The van der Waals surface area contributed by atoms with Gasteiger partial charge in [-0.3, -0.25) is 4.79 Å². The molecule has 1 unspecified atom stereocenters. The van der Waals surface area contributed by atoms with Crippen molar-refractivity contribution in [2.45, 2.75) is 33.2 Å². The van der Waals surface area contributed by atoms with E-state index in [0.717, 1.165) is 0 Å². The zero-order valence-corrected chi connectivity index (χ0v) is 15.6. The van der Waals surface area contributed by atoms with E-state index in [1.54, 1.807) is 19.1 Å². The number of aliphatic hydroxyl groups is 1. The number of ether oxygens (including phenoxy) is 1. The molecule has 1 atom stereocenters. The van der Waals surface area contributed by atoms with Crippen LogP contribution in [0, 0.1) is 5.92 Å². The summed E-state index contributed by atoms with van der Waals surface area (Å²) in [6.45, 7) is 7.73. The molecule has 24 heavy (non-hydrogen) atoms. The number of halogens is 2. The molecule has 1 aromatic rings. The third kappa shape index (κ3) is 3.14. The molecule has 0 aromatic heterocycles. The number of carbonyl (C=O) groups excluding carboxylic acids is 1. The molecule has 5 nitrogen and oxygen atoms in total. The topological polar surface area (TPSA) is 59.0 Å². The molecule has 0 radical (unpaired) electrons. The summed E-state index contributed by atoms with van der Waals surface area (Å²) in [5.74, 6) is -0.650. The van der Waals surface area contributed by atoms with Crippen molar-refractivity contribution in [3.63, 3.8) is 0 Å². The van der Waals surface area contributed by atoms with E-state index in [-0.39, 0.29) is 29.1 Å². The van der Waals surface area contributed by atoms with Crippen LogP contribution in [0.3, 0.4) is 0 Å².